The number of hydrogen-bond donors (Lipinski definition) is 0. The molecule has 2 aromatic carbocycles. The summed E-state index contributed by atoms with van der Waals surface area (Å²) in [7, 11) is 0. The summed E-state index contributed by atoms with van der Waals surface area (Å²) in [6.07, 6.45) is 18.1. The van der Waals surface area contributed by atoms with Gasteiger partial charge >= 0.3 is 0 Å². The van der Waals surface area contributed by atoms with Crippen molar-refractivity contribution in [2.24, 2.45) is 0 Å². The molecule has 2 aliphatic carbocycles. The summed E-state index contributed by atoms with van der Waals surface area (Å²) in [6, 6.07) is 21.8. The van der Waals surface area contributed by atoms with Gasteiger partial charge in [0.2, 0.25) is 0 Å². The van der Waals surface area contributed by atoms with E-state index in [-0.39, 0.29) is 0 Å². The summed E-state index contributed by atoms with van der Waals surface area (Å²) in [4.78, 5) is 5.52. The Morgan fingerprint density at radius 3 is 1.17 bits per heavy atom. The van der Waals surface area contributed by atoms with Crippen LogP contribution >= 0.6 is 0 Å². The van der Waals surface area contributed by atoms with Crippen LogP contribution in [0.5, 0.6) is 0 Å². The predicted molar refractivity (Wildman–Crippen MR) is 177 cm³/mol. The zero-order chi connectivity index (χ0) is 29.0. The molecule has 2 aromatic rings. The van der Waals surface area contributed by atoms with Gasteiger partial charge < -0.3 is 0 Å². The van der Waals surface area contributed by atoms with Gasteiger partial charge in [0.1, 0.15) is 0 Å². The second-order valence-electron chi connectivity index (χ2n) is 14.9. The predicted octanol–water partition coefficient (Wildman–Crippen LogP) is 9.75. The van der Waals surface area contributed by atoms with Crippen molar-refractivity contribution in [3.63, 3.8) is 0 Å². The van der Waals surface area contributed by atoms with Gasteiger partial charge in [-0.2, -0.15) is 0 Å². The van der Waals surface area contributed by atoms with Crippen molar-refractivity contribution in [1.29, 1.82) is 0 Å². The standard InChI is InChI=1S/C20H31N.C19H29N/c1-16-8-10-19(11-9-16)20(12-5-13-20)14-15-21-17(2)6-4-7-18(21)3;1-15-5-9-18(10-6-15)19(11-4-12-19)13-14-20-16(2)7-8-17(20)3/h8-11,17-18H,4-7,12-15H2,1-3H3;5-6,9-10,16-17H,4,7-8,11-14H2,1-3H3. The fraction of sp³-hybridized carbons (Fsp3) is 0.692. The van der Waals surface area contributed by atoms with E-state index in [0.29, 0.717) is 10.8 Å². The smallest absolute Gasteiger partial charge is 0.00703 e. The minimum Gasteiger partial charge on any atom is -0.298 e. The summed E-state index contributed by atoms with van der Waals surface area (Å²) in [5.41, 5.74) is 6.93. The monoisotopic (exact) mass is 556 g/mol. The van der Waals surface area contributed by atoms with Crippen LogP contribution in [-0.2, 0) is 10.8 Å². The molecule has 0 bridgehead atoms. The molecule has 2 aliphatic heterocycles. The Kier molecular flexibility index (Phi) is 10.0. The number of piperidine rings is 1. The highest BCUT2D eigenvalue weighted by atomic mass is 15.2. The molecule has 2 saturated carbocycles. The zero-order valence-corrected chi connectivity index (χ0v) is 27.4. The maximum Gasteiger partial charge on any atom is 0.00703 e. The van der Waals surface area contributed by atoms with E-state index in [1.807, 2.05) is 0 Å². The lowest BCUT2D eigenvalue weighted by Crippen LogP contribution is -2.47. The van der Waals surface area contributed by atoms with Gasteiger partial charge in [-0.3, -0.25) is 9.80 Å². The lowest BCUT2D eigenvalue weighted by Gasteiger charge is -2.46. The minimum atomic E-state index is 0.491. The van der Waals surface area contributed by atoms with E-state index >= 15 is 0 Å². The first kappa shape index (κ1) is 30.8. The summed E-state index contributed by atoms with van der Waals surface area (Å²) in [5, 5.41) is 0. The summed E-state index contributed by atoms with van der Waals surface area (Å²) < 4.78 is 0. The Morgan fingerprint density at radius 1 is 0.512 bits per heavy atom. The van der Waals surface area contributed by atoms with E-state index in [1.165, 1.54) is 108 Å². The SMILES string of the molecule is Cc1ccc(C2(CCN3C(C)CCC3C)CCC2)cc1.Cc1ccc(C2(CCN3C(C)CCCC3C)CCC2)cc1. The Hall–Kier alpha value is -1.64. The van der Waals surface area contributed by atoms with E-state index in [9.17, 15) is 0 Å². The molecule has 0 amide bonds. The van der Waals surface area contributed by atoms with Crippen molar-refractivity contribution in [3.05, 3.63) is 70.8 Å². The van der Waals surface area contributed by atoms with Gasteiger partial charge in [-0.05, 0) is 141 Å². The Morgan fingerprint density at radius 2 is 0.854 bits per heavy atom. The van der Waals surface area contributed by atoms with Gasteiger partial charge in [0.05, 0.1) is 0 Å². The van der Waals surface area contributed by atoms with Gasteiger partial charge in [-0.15, -0.1) is 0 Å². The van der Waals surface area contributed by atoms with Crippen LogP contribution in [0.25, 0.3) is 0 Å². The molecule has 2 nitrogen and oxygen atoms in total. The fourth-order valence-electron chi connectivity index (χ4n) is 8.68. The number of hydrogen-bond acceptors (Lipinski definition) is 2. The molecule has 0 aromatic heterocycles. The van der Waals surface area contributed by atoms with Crippen molar-refractivity contribution in [2.75, 3.05) is 13.1 Å². The van der Waals surface area contributed by atoms with Crippen LogP contribution in [0.1, 0.15) is 133 Å². The van der Waals surface area contributed by atoms with Gasteiger partial charge in [-0.25, -0.2) is 0 Å². The summed E-state index contributed by atoms with van der Waals surface area (Å²) >= 11 is 0. The van der Waals surface area contributed by atoms with Crippen molar-refractivity contribution in [3.8, 4) is 0 Å². The van der Waals surface area contributed by atoms with Crippen LogP contribution < -0.4 is 0 Å². The zero-order valence-electron chi connectivity index (χ0n) is 27.4. The van der Waals surface area contributed by atoms with Crippen molar-refractivity contribution in [2.45, 2.75) is 160 Å². The maximum atomic E-state index is 2.78. The topological polar surface area (TPSA) is 6.48 Å². The second-order valence-corrected chi connectivity index (χ2v) is 14.9. The second kappa shape index (κ2) is 13.3. The third-order valence-electron chi connectivity index (χ3n) is 12.2. The van der Waals surface area contributed by atoms with E-state index < -0.39 is 0 Å². The molecular weight excluding hydrogens is 496 g/mol. The third kappa shape index (κ3) is 6.96. The molecule has 41 heavy (non-hydrogen) atoms. The highest BCUT2D eigenvalue weighted by molar-refractivity contribution is 5.32. The van der Waals surface area contributed by atoms with Crippen LogP contribution in [0.3, 0.4) is 0 Å². The Labute approximate surface area is 253 Å². The lowest BCUT2D eigenvalue weighted by molar-refractivity contribution is 0.0805. The van der Waals surface area contributed by atoms with E-state index in [2.05, 4.69) is 99.9 Å². The number of rotatable bonds is 8. The van der Waals surface area contributed by atoms with Crippen LogP contribution in [-0.4, -0.2) is 47.1 Å². The van der Waals surface area contributed by atoms with E-state index in [4.69, 9.17) is 0 Å². The molecule has 4 unspecified atom stereocenters. The Bertz CT molecular complexity index is 1060. The quantitative estimate of drug-likeness (QED) is 0.319. The highest BCUT2D eigenvalue weighted by Crippen LogP contribution is 2.48. The van der Waals surface area contributed by atoms with Crippen molar-refractivity contribution in [1.82, 2.24) is 9.80 Å². The van der Waals surface area contributed by atoms with E-state index in [1.54, 1.807) is 11.1 Å². The van der Waals surface area contributed by atoms with Crippen LogP contribution in [0.4, 0.5) is 0 Å². The molecule has 2 heterocycles. The molecule has 0 radical (unpaired) electrons. The maximum absolute atomic E-state index is 2.78. The Balaban J connectivity index is 0.000000165. The number of aryl methyl sites for hydroxylation is 2. The summed E-state index contributed by atoms with van der Waals surface area (Å²) in [5.74, 6) is 0. The molecule has 0 spiro atoms. The molecule has 0 N–H and O–H groups in total. The normalized spacial score (nSPS) is 29.2. The first-order valence-corrected chi connectivity index (χ1v) is 17.4. The molecule has 2 heteroatoms. The molecule has 6 rings (SSSR count). The molecule has 4 aliphatic rings. The largest absolute Gasteiger partial charge is 0.298 e. The molecule has 226 valence electrons. The first-order chi connectivity index (χ1) is 19.7. The van der Waals surface area contributed by atoms with Crippen LogP contribution in [0.15, 0.2) is 48.5 Å². The minimum absolute atomic E-state index is 0.491. The van der Waals surface area contributed by atoms with Gasteiger partial charge in [0, 0.05) is 24.2 Å². The van der Waals surface area contributed by atoms with Gasteiger partial charge in [0.15, 0.2) is 0 Å². The first-order valence-electron chi connectivity index (χ1n) is 17.4. The fourth-order valence-corrected chi connectivity index (χ4v) is 8.68. The van der Waals surface area contributed by atoms with Crippen LogP contribution in [0, 0.1) is 13.8 Å². The van der Waals surface area contributed by atoms with Crippen molar-refractivity contribution >= 4 is 0 Å². The number of likely N-dealkylation sites (tertiary alicyclic amines) is 2. The lowest BCUT2D eigenvalue weighted by atomic mass is 9.62. The van der Waals surface area contributed by atoms with Gasteiger partial charge in [-0.1, -0.05) is 78.9 Å². The van der Waals surface area contributed by atoms with Crippen molar-refractivity contribution < 1.29 is 0 Å². The third-order valence-corrected chi connectivity index (χ3v) is 12.2. The van der Waals surface area contributed by atoms with Gasteiger partial charge in [0.25, 0.3) is 0 Å². The molecular formula is C39H60N2. The molecule has 4 fully saturated rings. The number of nitrogens with zero attached hydrogens (tertiary/aromatic N) is 2. The van der Waals surface area contributed by atoms with Crippen LogP contribution in [0.2, 0.25) is 0 Å². The molecule has 2 saturated heterocycles. The molecule has 4 atom stereocenters. The number of benzene rings is 2. The highest BCUT2D eigenvalue weighted by Gasteiger charge is 2.40. The summed E-state index contributed by atoms with van der Waals surface area (Å²) in [6.45, 7) is 16.6. The van der Waals surface area contributed by atoms with E-state index in [0.717, 1.165) is 24.2 Å². The average Bonchev–Trinajstić information content (AvgIpc) is 3.23. The average molecular weight is 557 g/mol.